The summed E-state index contributed by atoms with van der Waals surface area (Å²) in [5.41, 5.74) is 51.1. The molecule has 24 heteroatoms. The molecule has 322 valence electrons. The highest BCUT2D eigenvalue weighted by Gasteiger charge is 2.47. The molecule has 0 aromatic heterocycles. The van der Waals surface area contributed by atoms with Gasteiger partial charge < -0.3 is 72.4 Å². The summed E-state index contributed by atoms with van der Waals surface area (Å²) < 4.78 is 28.7. The summed E-state index contributed by atoms with van der Waals surface area (Å²) in [6, 6.07) is 4.35. The number of benzene rings is 1. The van der Waals surface area contributed by atoms with Crippen molar-refractivity contribution in [1.82, 2.24) is 5.32 Å². The standard InChI is InChI=1S/C21H28N10O6.C13H28N4O4/c1-11(25-21(34)35-10-12-5-3-2-4-6-12)16-8-7-13(26-29-22)20(36-16)37-19-15(28-31-24)9-14(27-30-23)17(32)18(19)33;1-5(14)9-3-2-6(15)13(20-9)21-12-8(17)4-7(16)10(18)11(12)19/h2-6,11,13-20,32-33H,7-10H2,1H3,(H,25,34);5-13,18-19H,2-4,14-17H2,1H3/t11-,13+,14-,15+,16+,17+,18-,19-,20-;5-,6+,7-,8+,9+,10+,11-,12-,13-/m11/s1. The Bertz CT molecular complexity index is 1600. The molecule has 1 amide bonds. The van der Waals surface area contributed by atoms with Crippen molar-refractivity contribution in [2.24, 2.45) is 38.3 Å². The number of hydrogen-bond acceptors (Lipinski definition) is 17. The van der Waals surface area contributed by atoms with Gasteiger partial charge in [0.25, 0.3) is 0 Å². The Kier molecular flexibility index (Phi) is 18.0. The van der Waals surface area contributed by atoms with Crippen LogP contribution in [0.4, 0.5) is 4.79 Å². The second kappa shape index (κ2) is 22.3. The Balaban J connectivity index is 0.000000299. The minimum Gasteiger partial charge on any atom is -0.445 e. The molecular weight excluding hydrogens is 764 g/mol. The third-order valence-electron chi connectivity index (χ3n) is 10.7. The summed E-state index contributed by atoms with van der Waals surface area (Å²) in [5, 5.41) is 54.5. The summed E-state index contributed by atoms with van der Waals surface area (Å²) in [7, 11) is 0. The molecule has 5 rings (SSSR count). The highest BCUT2D eigenvalue weighted by molar-refractivity contribution is 5.67. The quantitative estimate of drug-likeness (QED) is 0.0796. The van der Waals surface area contributed by atoms with Gasteiger partial charge in [0.2, 0.25) is 0 Å². The van der Waals surface area contributed by atoms with Crippen molar-refractivity contribution in [3.63, 3.8) is 0 Å². The van der Waals surface area contributed by atoms with Gasteiger partial charge in [0.15, 0.2) is 12.6 Å². The molecule has 13 N–H and O–H groups in total. The van der Waals surface area contributed by atoms with Crippen LogP contribution in [-0.2, 0) is 30.3 Å². The number of rotatable bonds is 12. The lowest BCUT2D eigenvalue weighted by Crippen LogP contribution is -2.64. The van der Waals surface area contributed by atoms with E-state index in [0.717, 1.165) is 18.4 Å². The van der Waals surface area contributed by atoms with Crippen LogP contribution in [0.1, 0.15) is 57.9 Å². The first-order valence-corrected chi connectivity index (χ1v) is 19.1. The van der Waals surface area contributed by atoms with Crippen LogP contribution in [0.2, 0.25) is 0 Å². The molecule has 0 unspecified atom stereocenters. The molecule has 2 aliphatic heterocycles. The Morgan fingerprint density at radius 1 is 0.759 bits per heavy atom. The summed E-state index contributed by atoms with van der Waals surface area (Å²) in [4.78, 5) is 20.5. The minimum absolute atomic E-state index is 0.0788. The van der Waals surface area contributed by atoms with Gasteiger partial charge in [0.1, 0.15) is 24.9 Å². The maximum absolute atomic E-state index is 12.3. The molecule has 24 nitrogen and oxygen atoms in total. The van der Waals surface area contributed by atoms with Crippen molar-refractivity contribution in [3.05, 3.63) is 67.2 Å². The molecule has 0 bridgehead atoms. The van der Waals surface area contributed by atoms with E-state index in [1.54, 1.807) is 6.92 Å². The highest BCUT2D eigenvalue weighted by atomic mass is 16.7. The second-order valence-electron chi connectivity index (χ2n) is 15.0. The number of azide groups is 3. The molecule has 0 spiro atoms. The number of hydrogen-bond donors (Lipinski definition) is 9. The first-order valence-electron chi connectivity index (χ1n) is 19.1. The van der Waals surface area contributed by atoms with Crippen molar-refractivity contribution < 1.29 is 48.9 Å². The van der Waals surface area contributed by atoms with E-state index in [4.69, 9.17) is 63.2 Å². The molecule has 2 aliphatic carbocycles. The zero-order valence-corrected chi connectivity index (χ0v) is 32.3. The predicted molar refractivity (Wildman–Crippen MR) is 204 cm³/mol. The lowest BCUT2D eigenvalue weighted by Gasteiger charge is -2.44. The monoisotopic (exact) mass is 820 g/mol. The van der Waals surface area contributed by atoms with Crippen LogP contribution in [0.25, 0.3) is 31.3 Å². The van der Waals surface area contributed by atoms with Crippen molar-refractivity contribution in [3.8, 4) is 0 Å². The van der Waals surface area contributed by atoms with E-state index in [1.165, 1.54) is 0 Å². The number of nitrogens with two attached hydrogens (primary N) is 4. The van der Waals surface area contributed by atoms with Crippen LogP contribution < -0.4 is 28.3 Å². The topological polar surface area (TPSA) is 407 Å². The molecule has 58 heavy (non-hydrogen) atoms. The molecule has 18 atom stereocenters. The predicted octanol–water partition coefficient (Wildman–Crippen LogP) is 0.685. The van der Waals surface area contributed by atoms with Crippen LogP contribution in [0.15, 0.2) is 45.7 Å². The Morgan fingerprint density at radius 3 is 2.00 bits per heavy atom. The van der Waals surface area contributed by atoms with Gasteiger partial charge in [-0.3, -0.25) is 0 Å². The molecule has 1 aromatic rings. The number of nitrogens with one attached hydrogen (secondary N) is 1. The lowest BCUT2D eigenvalue weighted by molar-refractivity contribution is -0.256. The summed E-state index contributed by atoms with van der Waals surface area (Å²) in [5.74, 6) is 0. The average Bonchev–Trinajstić information content (AvgIpc) is 3.20. The van der Waals surface area contributed by atoms with E-state index in [1.807, 2.05) is 37.3 Å². The molecule has 2 saturated heterocycles. The summed E-state index contributed by atoms with van der Waals surface area (Å²) in [6.07, 6.45) is -8.00. The number of aliphatic hydroxyl groups excluding tert-OH is 4. The van der Waals surface area contributed by atoms with Gasteiger partial charge in [-0.1, -0.05) is 45.7 Å². The number of alkyl carbamates (subject to hydrolysis) is 1. The lowest BCUT2D eigenvalue weighted by atomic mass is 9.84. The first-order chi connectivity index (χ1) is 27.7. The van der Waals surface area contributed by atoms with Gasteiger partial charge >= 0.3 is 6.09 Å². The fourth-order valence-corrected chi connectivity index (χ4v) is 7.35. The Hall–Kier alpha value is -4.06. The SMILES string of the molecule is C[C@@H](N)[C@@H]1CC[C@H](N)[C@@H](O[C@H]2[C@H](O)[C@@H](O)[C@H](N)C[C@@H]2N)O1.C[C@@H](NC(=O)OCc1ccccc1)[C@@H]1CC[C@H](N=[N+]=[N-])[C@@H](O[C@H]2[C@H](O)[C@@H](O)[C@H](N=[N+]=[N-])C[C@@H]2N=[N+]=[N-])O1. The van der Waals surface area contributed by atoms with Gasteiger partial charge in [-0.2, -0.15) is 0 Å². The maximum Gasteiger partial charge on any atom is 0.407 e. The largest absolute Gasteiger partial charge is 0.445 e. The molecule has 0 radical (unpaired) electrons. The molecule has 4 aliphatic rings. The number of amides is 1. The fourth-order valence-electron chi connectivity index (χ4n) is 7.35. The van der Waals surface area contributed by atoms with Crippen LogP contribution >= 0.6 is 0 Å². The third-order valence-corrected chi connectivity index (χ3v) is 10.7. The van der Waals surface area contributed by atoms with Crippen molar-refractivity contribution in [2.45, 2.75) is 169 Å². The van der Waals surface area contributed by atoms with Crippen molar-refractivity contribution in [1.29, 1.82) is 0 Å². The van der Waals surface area contributed by atoms with E-state index in [0.29, 0.717) is 19.3 Å². The van der Waals surface area contributed by atoms with E-state index in [9.17, 15) is 25.2 Å². The Labute approximate surface area is 334 Å². The van der Waals surface area contributed by atoms with Crippen LogP contribution in [0.5, 0.6) is 0 Å². The van der Waals surface area contributed by atoms with Gasteiger partial charge in [0, 0.05) is 32.9 Å². The van der Waals surface area contributed by atoms with Crippen molar-refractivity contribution >= 4 is 6.09 Å². The van der Waals surface area contributed by atoms with Crippen molar-refractivity contribution in [2.75, 3.05) is 0 Å². The molecule has 4 fully saturated rings. The zero-order chi connectivity index (χ0) is 42.5. The van der Waals surface area contributed by atoms with Gasteiger partial charge in [-0.25, -0.2) is 4.79 Å². The minimum atomic E-state index is -1.58. The van der Waals surface area contributed by atoms with Crippen LogP contribution in [0, 0.1) is 0 Å². The van der Waals surface area contributed by atoms with E-state index in [-0.39, 0.29) is 31.2 Å². The first kappa shape index (κ1) is 46.6. The Morgan fingerprint density at radius 2 is 1.34 bits per heavy atom. The third kappa shape index (κ3) is 12.5. The number of carbonyl (C=O) groups excluding carboxylic acids is 1. The smallest absolute Gasteiger partial charge is 0.407 e. The second-order valence-corrected chi connectivity index (χ2v) is 15.0. The number of aliphatic hydroxyl groups is 4. The normalized spacial score (nSPS) is 38.4. The van der Waals surface area contributed by atoms with E-state index in [2.05, 4.69) is 35.4 Å². The summed E-state index contributed by atoms with van der Waals surface area (Å²) in [6.45, 7) is 3.67. The van der Waals surface area contributed by atoms with E-state index >= 15 is 0 Å². The number of carbonyl (C=O) groups is 1. The fraction of sp³-hybridized carbons (Fsp3) is 0.794. The maximum atomic E-state index is 12.3. The van der Waals surface area contributed by atoms with E-state index < -0.39 is 97.7 Å². The summed E-state index contributed by atoms with van der Waals surface area (Å²) >= 11 is 0. The average molecular weight is 821 g/mol. The van der Waals surface area contributed by atoms with Gasteiger partial charge in [-0.05, 0) is 74.5 Å². The highest BCUT2D eigenvalue weighted by Crippen LogP contribution is 2.33. The van der Waals surface area contributed by atoms with Crippen LogP contribution in [-0.4, -0.2) is 136 Å². The van der Waals surface area contributed by atoms with Gasteiger partial charge in [-0.15, -0.1) is 0 Å². The number of ether oxygens (including phenoxy) is 5. The molecule has 2 saturated carbocycles. The molecular formula is C34H56N14O10. The molecule has 2 heterocycles. The zero-order valence-electron chi connectivity index (χ0n) is 32.3. The van der Waals surface area contributed by atoms with Crippen LogP contribution in [0.3, 0.4) is 0 Å². The van der Waals surface area contributed by atoms with Gasteiger partial charge in [0.05, 0.1) is 60.7 Å². The number of nitrogens with zero attached hydrogens (tertiary/aromatic N) is 9. The molecule has 1 aromatic carbocycles.